The predicted octanol–water partition coefficient (Wildman–Crippen LogP) is 3.99. The molecule has 1 unspecified atom stereocenters. The zero-order valence-electron chi connectivity index (χ0n) is 11.3. The standard InChI is InChI=1S/C14H20BrNOS/c1-10(13(17)16-14(2,3)4)18-9-11-5-7-12(15)8-6-11/h5-8,10H,9H2,1-4H3,(H,16,17). The average Bonchev–Trinajstić information content (AvgIpc) is 2.25. The molecule has 0 fully saturated rings. The van der Waals surface area contributed by atoms with E-state index in [2.05, 4.69) is 33.4 Å². The van der Waals surface area contributed by atoms with Gasteiger partial charge in [0, 0.05) is 15.8 Å². The number of hydrogen-bond donors (Lipinski definition) is 1. The molecule has 0 aromatic heterocycles. The lowest BCUT2D eigenvalue weighted by Crippen LogP contribution is -2.44. The molecule has 0 heterocycles. The van der Waals surface area contributed by atoms with Gasteiger partial charge in [-0.05, 0) is 45.4 Å². The Bertz CT molecular complexity index is 397. The normalized spacial score (nSPS) is 13.2. The second-order valence-electron chi connectivity index (χ2n) is 5.32. The lowest BCUT2D eigenvalue weighted by Gasteiger charge is -2.23. The van der Waals surface area contributed by atoms with E-state index in [1.807, 2.05) is 39.8 Å². The van der Waals surface area contributed by atoms with Crippen LogP contribution in [0.1, 0.15) is 33.3 Å². The molecule has 1 aromatic carbocycles. The SMILES string of the molecule is CC(SCc1ccc(Br)cc1)C(=O)NC(C)(C)C. The maximum Gasteiger partial charge on any atom is 0.233 e. The first-order valence-corrected chi connectivity index (χ1v) is 7.80. The summed E-state index contributed by atoms with van der Waals surface area (Å²) < 4.78 is 1.08. The van der Waals surface area contributed by atoms with Gasteiger partial charge >= 0.3 is 0 Å². The number of halogens is 1. The van der Waals surface area contributed by atoms with Gasteiger partial charge in [0.25, 0.3) is 0 Å². The first-order valence-electron chi connectivity index (χ1n) is 5.96. The number of carbonyl (C=O) groups excluding carboxylic acids is 1. The molecule has 0 aliphatic carbocycles. The second kappa shape index (κ2) is 6.62. The van der Waals surface area contributed by atoms with E-state index in [9.17, 15) is 4.79 Å². The van der Waals surface area contributed by atoms with Gasteiger partial charge in [-0.25, -0.2) is 0 Å². The first kappa shape index (κ1) is 15.6. The third-order valence-electron chi connectivity index (χ3n) is 2.28. The molecule has 4 heteroatoms. The van der Waals surface area contributed by atoms with Crippen molar-refractivity contribution in [1.82, 2.24) is 5.32 Å². The highest BCUT2D eigenvalue weighted by Crippen LogP contribution is 2.20. The van der Waals surface area contributed by atoms with Crippen molar-refractivity contribution < 1.29 is 4.79 Å². The molecule has 0 bridgehead atoms. The van der Waals surface area contributed by atoms with Crippen LogP contribution in [0.5, 0.6) is 0 Å². The zero-order valence-corrected chi connectivity index (χ0v) is 13.7. The van der Waals surface area contributed by atoms with Crippen molar-refractivity contribution in [3.63, 3.8) is 0 Å². The summed E-state index contributed by atoms with van der Waals surface area (Å²) in [7, 11) is 0. The van der Waals surface area contributed by atoms with Gasteiger partial charge in [0.1, 0.15) is 0 Å². The highest BCUT2D eigenvalue weighted by molar-refractivity contribution is 9.10. The van der Waals surface area contributed by atoms with Gasteiger partial charge in [0.15, 0.2) is 0 Å². The van der Waals surface area contributed by atoms with E-state index in [-0.39, 0.29) is 16.7 Å². The molecule has 0 aliphatic rings. The lowest BCUT2D eigenvalue weighted by atomic mass is 10.1. The van der Waals surface area contributed by atoms with Crippen LogP contribution in [0.4, 0.5) is 0 Å². The third kappa shape index (κ3) is 5.91. The molecule has 1 amide bonds. The summed E-state index contributed by atoms with van der Waals surface area (Å²) in [5.41, 5.74) is 1.07. The molecule has 2 nitrogen and oxygen atoms in total. The number of amides is 1. The van der Waals surface area contributed by atoms with E-state index < -0.39 is 0 Å². The first-order chi connectivity index (χ1) is 8.28. The van der Waals surface area contributed by atoms with Crippen molar-refractivity contribution in [3.05, 3.63) is 34.3 Å². The number of rotatable bonds is 4. The summed E-state index contributed by atoms with van der Waals surface area (Å²) in [5, 5.41) is 2.96. The van der Waals surface area contributed by atoms with E-state index in [0.717, 1.165) is 10.2 Å². The third-order valence-corrected chi connectivity index (χ3v) is 4.02. The fraction of sp³-hybridized carbons (Fsp3) is 0.500. The highest BCUT2D eigenvalue weighted by Gasteiger charge is 2.19. The predicted molar refractivity (Wildman–Crippen MR) is 82.8 cm³/mol. The molecule has 0 spiro atoms. The van der Waals surface area contributed by atoms with Crippen molar-refractivity contribution in [2.75, 3.05) is 0 Å². The molecule has 1 N–H and O–H groups in total. The Labute approximate surface area is 122 Å². The van der Waals surface area contributed by atoms with Gasteiger partial charge in [0.05, 0.1) is 5.25 Å². The topological polar surface area (TPSA) is 29.1 Å². The molecule has 0 saturated heterocycles. The summed E-state index contributed by atoms with van der Waals surface area (Å²) in [6, 6.07) is 8.20. The molecular formula is C14H20BrNOS. The van der Waals surface area contributed by atoms with Gasteiger partial charge in [-0.15, -0.1) is 11.8 Å². The van der Waals surface area contributed by atoms with Crippen LogP contribution in [0.25, 0.3) is 0 Å². The van der Waals surface area contributed by atoms with Crippen molar-refractivity contribution in [2.45, 2.75) is 44.2 Å². The maximum atomic E-state index is 11.9. The van der Waals surface area contributed by atoms with Gasteiger partial charge in [-0.3, -0.25) is 4.79 Å². The lowest BCUT2D eigenvalue weighted by molar-refractivity contribution is -0.121. The Kier molecular flexibility index (Phi) is 5.73. The number of hydrogen-bond acceptors (Lipinski definition) is 2. The Morgan fingerprint density at radius 1 is 1.33 bits per heavy atom. The number of nitrogens with one attached hydrogen (secondary N) is 1. The Balaban J connectivity index is 2.43. The van der Waals surface area contributed by atoms with Crippen LogP contribution in [0.3, 0.4) is 0 Å². The summed E-state index contributed by atoms with van der Waals surface area (Å²) in [4.78, 5) is 11.9. The number of benzene rings is 1. The van der Waals surface area contributed by atoms with Crippen LogP contribution in [0.15, 0.2) is 28.7 Å². The molecular weight excluding hydrogens is 310 g/mol. The van der Waals surface area contributed by atoms with Crippen molar-refractivity contribution in [2.24, 2.45) is 0 Å². The molecule has 1 atom stereocenters. The van der Waals surface area contributed by atoms with Crippen molar-refractivity contribution in [1.29, 1.82) is 0 Å². The van der Waals surface area contributed by atoms with Gasteiger partial charge in [-0.2, -0.15) is 0 Å². The molecule has 1 aromatic rings. The smallest absolute Gasteiger partial charge is 0.233 e. The molecule has 100 valence electrons. The molecule has 0 aliphatic heterocycles. The minimum absolute atomic E-state index is 0.0344. The fourth-order valence-corrected chi connectivity index (χ4v) is 2.46. The van der Waals surface area contributed by atoms with Crippen LogP contribution in [0.2, 0.25) is 0 Å². The summed E-state index contributed by atoms with van der Waals surface area (Å²) >= 11 is 5.07. The Morgan fingerprint density at radius 2 is 1.89 bits per heavy atom. The molecule has 18 heavy (non-hydrogen) atoms. The number of thioether (sulfide) groups is 1. The summed E-state index contributed by atoms with van der Waals surface area (Å²) in [6.45, 7) is 7.94. The summed E-state index contributed by atoms with van der Waals surface area (Å²) in [5.74, 6) is 0.955. The van der Waals surface area contributed by atoms with E-state index in [4.69, 9.17) is 0 Å². The molecule has 0 radical (unpaired) electrons. The minimum atomic E-state index is -0.163. The minimum Gasteiger partial charge on any atom is -0.351 e. The van der Waals surface area contributed by atoms with Crippen LogP contribution in [-0.2, 0) is 10.5 Å². The van der Waals surface area contributed by atoms with Crippen LogP contribution < -0.4 is 5.32 Å². The quantitative estimate of drug-likeness (QED) is 0.904. The van der Waals surface area contributed by atoms with Gasteiger partial charge in [0.2, 0.25) is 5.91 Å². The fourth-order valence-electron chi connectivity index (χ4n) is 1.35. The van der Waals surface area contributed by atoms with Gasteiger partial charge < -0.3 is 5.32 Å². The maximum absolute atomic E-state index is 11.9. The Morgan fingerprint density at radius 3 is 2.39 bits per heavy atom. The molecule has 1 rings (SSSR count). The second-order valence-corrected chi connectivity index (χ2v) is 7.56. The van der Waals surface area contributed by atoms with Crippen LogP contribution in [-0.4, -0.2) is 16.7 Å². The monoisotopic (exact) mass is 329 g/mol. The molecule has 0 saturated carbocycles. The zero-order chi connectivity index (χ0) is 13.8. The van der Waals surface area contributed by atoms with E-state index in [1.54, 1.807) is 11.8 Å². The number of carbonyl (C=O) groups is 1. The van der Waals surface area contributed by atoms with Crippen molar-refractivity contribution >= 4 is 33.6 Å². The van der Waals surface area contributed by atoms with E-state index in [1.165, 1.54) is 5.56 Å². The Hall–Kier alpha value is -0.480. The van der Waals surface area contributed by atoms with E-state index >= 15 is 0 Å². The van der Waals surface area contributed by atoms with Crippen LogP contribution >= 0.6 is 27.7 Å². The van der Waals surface area contributed by atoms with E-state index in [0.29, 0.717) is 0 Å². The van der Waals surface area contributed by atoms with Crippen LogP contribution in [0, 0.1) is 0 Å². The summed E-state index contributed by atoms with van der Waals surface area (Å²) in [6.07, 6.45) is 0. The van der Waals surface area contributed by atoms with Gasteiger partial charge in [-0.1, -0.05) is 28.1 Å². The van der Waals surface area contributed by atoms with Crippen molar-refractivity contribution in [3.8, 4) is 0 Å². The largest absolute Gasteiger partial charge is 0.351 e. The highest BCUT2D eigenvalue weighted by atomic mass is 79.9. The average molecular weight is 330 g/mol.